The van der Waals surface area contributed by atoms with E-state index in [0.29, 0.717) is 21.6 Å². The maximum atomic E-state index is 13.3. The smallest absolute Gasteiger partial charge is 0.125 e. The molecule has 0 bridgehead atoms. The molecule has 0 aliphatic rings. The van der Waals surface area contributed by atoms with Crippen LogP contribution in [0.2, 0.25) is 5.02 Å². The fourth-order valence-corrected chi connectivity index (χ4v) is 2.06. The number of benzene rings is 1. The maximum absolute atomic E-state index is 13.3. The minimum atomic E-state index is -0.399. The van der Waals surface area contributed by atoms with E-state index in [9.17, 15) is 4.39 Å². The van der Waals surface area contributed by atoms with Crippen LogP contribution >= 0.6 is 11.6 Å². The summed E-state index contributed by atoms with van der Waals surface area (Å²) in [7, 11) is 0. The molecule has 0 aliphatic carbocycles. The molecule has 0 amide bonds. The third-order valence-electron chi connectivity index (χ3n) is 2.55. The molecule has 3 nitrogen and oxygen atoms in total. The first-order chi connectivity index (χ1) is 8.15. The van der Waals surface area contributed by atoms with Gasteiger partial charge in [0.15, 0.2) is 0 Å². The van der Waals surface area contributed by atoms with E-state index in [2.05, 4.69) is 17.3 Å². The van der Waals surface area contributed by atoms with E-state index in [4.69, 9.17) is 17.4 Å². The van der Waals surface area contributed by atoms with Crippen molar-refractivity contribution in [3.63, 3.8) is 0 Å². The van der Waals surface area contributed by atoms with E-state index in [1.807, 2.05) is 6.07 Å². The summed E-state index contributed by atoms with van der Waals surface area (Å²) in [5.74, 6) is 5.04. The monoisotopic (exact) mass is 253 g/mol. The van der Waals surface area contributed by atoms with E-state index in [1.165, 1.54) is 12.1 Å². The molecular weight excluding hydrogens is 241 g/mol. The molecule has 0 saturated carbocycles. The van der Waals surface area contributed by atoms with Gasteiger partial charge in [-0.25, -0.2) is 4.39 Å². The second kappa shape index (κ2) is 4.85. The van der Waals surface area contributed by atoms with Gasteiger partial charge in [-0.1, -0.05) is 24.9 Å². The molecule has 1 aromatic carbocycles. The van der Waals surface area contributed by atoms with Crippen LogP contribution in [0.5, 0.6) is 0 Å². The lowest BCUT2D eigenvalue weighted by Gasteiger charge is -2.09. The Bertz CT molecular complexity index is 557. The van der Waals surface area contributed by atoms with Gasteiger partial charge in [0.2, 0.25) is 0 Å². The molecule has 0 radical (unpaired) electrons. The zero-order valence-electron chi connectivity index (χ0n) is 9.43. The number of anilines is 1. The maximum Gasteiger partial charge on any atom is 0.125 e. The normalized spacial score (nSPS) is 10.8. The first-order valence-electron chi connectivity index (χ1n) is 5.41. The van der Waals surface area contributed by atoms with E-state index in [1.54, 1.807) is 0 Å². The van der Waals surface area contributed by atoms with Gasteiger partial charge in [-0.3, -0.25) is 10.8 Å². The molecule has 0 aliphatic heterocycles. The van der Waals surface area contributed by atoms with Crippen LogP contribution in [0, 0.1) is 5.82 Å². The molecule has 2 aromatic rings. The Morgan fingerprint density at radius 3 is 2.82 bits per heavy atom. The number of nitrogens with zero attached hydrogens (tertiary/aromatic N) is 1. The van der Waals surface area contributed by atoms with Gasteiger partial charge < -0.3 is 5.43 Å². The van der Waals surface area contributed by atoms with Gasteiger partial charge in [-0.05, 0) is 24.6 Å². The summed E-state index contributed by atoms with van der Waals surface area (Å²) in [5.41, 5.74) is 4.66. The summed E-state index contributed by atoms with van der Waals surface area (Å²) in [5, 5.41) is 0.895. The topological polar surface area (TPSA) is 50.9 Å². The number of aromatic nitrogens is 1. The minimum Gasteiger partial charge on any atom is -0.323 e. The van der Waals surface area contributed by atoms with Crippen LogP contribution in [-0.4, -0.2) is 4.98 Å². The summed E-state index contributed by atoms with van der Waals surface area (Å²) >= 11 is 5.99. The molecule has 0 atom stereocenters. The molecule has 90 valence electrons. The van der Waals surface area contributed by atoms with Gasteiger partial charge in [-0.15, -0.1) is 0 Å². The number of rotatable bonds is 3. The first-order valence-corrected chi connectivity index (χ1v) is 5.78. The van der Waals surface area contributed by atoms with Gasteiger partial charge >= 0.3 is 0 Å². The fraction of sp³-hybridized carbons (Fsp3) is 0.250. The predicted octanol–water partition coefficient (Wildman–Crippen LogP) is 3.27. The molecule has 0 spiro atoms. The molecular formula is C12H13ClFN3. The number of fused-ring (bicyclic) bond motifs is 1. The van der Waals surface area contributed by atoms with Crippen LogP contribution in [0.25, 0.3) is 10.9 Å². The number of halogens is 2. The molecule has 0 saturated heterocycles. The quantitative estimate of drug-likeness (QED) is 0.652. The van der Waals surface area contributed by atoms with Crippen molar-refractivity contribution < 1.29 is 4.39 Å². The number of aryl methyl sites for hydroxylation is 1. The highest BCUT2D eigenvalue weighted by atomic mass is 35.5. The summed E-state index contributed by atoms with van der Waals surface area (Å²) < 4.78 is 13.3. The lowest BCUT2D eigenvalue weighted by molar-refractivity contribution is 0.629. The van der Waals surface area contributed by atoms with Crippen molar-refractivity contribution >= 4 is 28.2 Å². The molecule has 17 heavy (non-hydrogen) atoms. The molecule has 1 heterocycles. The van der Waals surface area contributed by atoms with Crippen LogP contribution < -0.4 is 11.3 Å². The fourth-order valence-electron chi connectivity index (χ4n) is 1.81. The van der Waals surface area contributed by atoms with Crippen molar-refractivity contribution in [1.82, 2.24) is 4.98 Å². The Morgan fingerprint density at radius 1 is 1.41 bits per heavy atom. The predicted molar refractivity (Wildman–Crippen MR) is 68.5 cm³/mol. The summed E-state index contributed by atoms with van der Waals surface area (Å²) in [6.07, 6.45) is 1.81. The van der Waals surface area contributed by atoms with Gasteiger partial charge in [0.25, 0.3) is 0 Å². The molecule has 0 unspecified atom stereocenters. The number of hydrazine groups is 1. The van der Waals surface area contributed by atoms with Crippen LogP contribution in [0.15, 0.2) is 18.2 Å². The third kappa shape index (κ3) is 2.33. The van der Waals surface area contributed by atoms with Gasteiger partial charge in [0.1, 0.15) is 5.82 Å². The molecule has 2 rings (SSSR count). The average Bonchev–Trinajstić information content (AvgIpc) is 2.29. The molecule has 5 heteroatoms. The number of nitrogen functional groups attached to an aromatic ring is 1. The van der Waals surface area contributed by atoms with Gasteiger partial charge in [0, 0.05) is 11.1 Å². The Hall–Kier alpha value is -1.39. The van der Waals surface area contributed by atoms with Crippen LogP contribution in [-0.2, 0) is 6.42 Å². The van der Waals surface area contributed by atoms with Gasteiger partial charge in [0.05, 0.1) is 16.2 Å². The van der Waals surface area contributed by atoms with Crippen LogP contribution in [0.1, 0.15) is 19.0 Å². The summed E-state index contributed by atoms with van der Waals surface area (Å²) in [6.45, 7) is 2.06. The first kappa shape index (κ1) is 12.1. The SMILES string of the molecule is CCCc1cc(NN)c2cc(F)cc(Cl)c2n1. The number of hydrogen-bond donors (Lipinski definition) is 2. The highest BCUT2D eigenvalue weighted by Crippen LogP contribution is 2.29. The Balaban J connectivity index is 2.73. The van der Waals surface area contributed by atoms with Crippen molar-refractivity contribution in [2.45, 2.75) is 19.8 Å². The molecule has 0 fully saturated rings. The lowest BCUT2D eigenvalue weighted by atomic mass is 10.1. The largest absolute Gasteiger partial charge is 0.323 e. The van der Waals surface area contributed by atoms with Gasteiger partial charge in [-0.2, -0.15) is 0 Å². The Labute approximate surface area is 104 Å². The van der Waals surface area contributed by atoms with Crippen molar-refractivity contribution in [2.24, 2.45) is 5.84 Å². The van der Waals surface area contributed by atoms with Crippen molar-refractivity contribution in [3.05, 3.63) is 34.7 Å². The number of hydrogen-bond acceptors (Lipinski definition) is 3. The zero-order chi connectivity index (χ0) is 12.4. The second-order valence-electron chi connectivity index (χ2n) is 3.84. The second-order valence-corrected chi connectivity index (χ2v) is 4.25. The van der Waals surface area contributed by atoms with Crippen molar-refractivity contribution in [1.29, 1.82) is 0 Å². The van der Waals surface area contributed by atoms with Crippen molar-refractivity contribution in [2.75, 3.05) is 5.43 Å². The van der Waals surface area contributed by atoms with Crippen LogP contribution in [0.4, 0.5) is 10.1 Å². The molecule has 3 N–H and O–H groups in total. The van der Waals surface area contributed by atoms with Crippen molar-refractivity contribution in [3.8, 4) is 0 Å². The summed E-state index contributed by atoms with van der Waals surface area (Å²) in [6, 6.07) is 4.45. The van der Waals surface area contributed by atoms with E-state index in [-0.39, 0.29) is 0 Å². The number of nitrogens with one attached hydrogen (secondary N) is 1. The third-order valence-corrected chi connectivity index (χ3v) is 2.83. The highest BCUT2D eigenvalue weighted by molar-refractivity contribution is 6.35. The Morgan fingerprint density at radius 2 is 2.18 bits per heavy atom. The van der Waals surface area contributed by atoms with E-state index < -0.39 is 5.82 Å². The van der Waals surface area contributed by atoms with E-state index >= 15 is 0 Å². The standard InChI is InChI=1S/C12H13ClFN3/c1-2-3-8-6-11(17-15)9-4-7(14)5-10(13)12(9)16-8/h4-6H,2-3,15H2,1H3,(H,16,17). The molecule has 1 aromatic heterocycles. The highest BCUT2D eigenvalue weighted by Gasteiger charge is 2.09. The average molecular weight is 254 g/mol. The summed E-state index contributed by atoms with van der Waals surface area (Å²) in [4.78, 5) is 4.42. The van der Waals surface area contributed by atoms with Crippen LogP contribution in [0.3, 0.4) is 0 Å². The zero-order valence-corrected chi connectivity index (χ0v) is 10.2. The lowest BCUT2D eigenvalue weighted by Crippen LogP contribution is -2.08. The minimum absolute atomic E-state index is 0.300. The Kier molecular flexibility index (Phi) is 3.45. The number of nitrogens with two attached hydrogens (primary N) is 1. The van der Waals surface area contributed by atoms with E-state index in [0.717, 1.165) is 18.5 Å². The number of pyridine rings is 1.